The van der Waals surface area contributed by atoms with Crippen molar-refractivity contribution in [3.05, 3.63) is 36.1 Å². The van der Waals surface area contributed by atoms with E-state index in [1.165, 1.54) is 23.9 Å². The fourth-order valence-electron chi connectivity index (χ4n) is 1.22. The predicted molar refractivity (Wildman–Crippen MR) is 64.8 cm³/mol. The molecule has 0 fully saturated rings. The standard InChI is InChI=1S/C10H10FN5S/c11-6-2-1-3-7(4-6)17-9-5-8(16-13)14-10(12)15-9/h1-5H,13H2,(H3,12,14,15,16). The minimum atomic E-state index is -0.297. The van der Waals surface area contributed by atoms with E-state index in [1.54, 1.807) is 18.2 Å². The molecule has 0 atom stereocenters. The van der Waals surface area contributed by atoms with Crippen LogP contribution >= 0.6 is 11.8 Å². The lowest BCUT2D eigenvalue weighted by Crippen LogP contribution is -2.10. The SMILES string of the molecule is NNc1cc(Sc2cccc(F)c2)nc(N)n1. The van der Waals surface area contributed by atoms with Crippen LogP contribution in [0.1, 0.15) is 0 Å². The van der Waals surface area contributed by atoms with E-state index in [2.05, 4.69) is 15.4 Å². The smallest absolute Gasteiger partial charge is 0.223 e. The molecule has 2 aromatic rings. The molecule has 0 amide bonds. The van der Waals surface area contributed by atoms with E-state index in [9.17, 15) is 4.39 Å². The third-order valence-corrected chi connectivity index (χ3v) is 2.79. The quantitative estimate of drug-likeness (QED) is 0.436. The first kappa shape index (κ1) is 11.6. The molecular formula is C10H10FN5S. The molecule has 1 aromatic heterocycles. The summed E-state index contributed by atoms with van der Waals surface area (Å²) in [5, 5.41) is 0.594. The van der Waals surface area contributed by atoms with Crippen LogP contribution in [0.2, 0.25) is 0 Å². The number of aromatic nitrogens is 2. The van der Waals surface area contributed by atoms with Crippen molar-refractivity contribution in [1.29, 1.82) is 0 Å². The molecule has 5 N–H and O–H groups in total. The van der Waals surface area contributed by atoms with Gasteiger partial charge in [-0.05, 0) is 18.2 Å². The zero-order chi connectivity index (χ0) is 12.3. The first-order valence-electron chi connectivity index (χ1n) is 4.72. The normalized spacial score (nSPS) is 10.2. The maximum absolute atomic E-state index is 13.0. The molecule has 1 heterocycles. The van der Waals surface area contributed by atoms with Gasteiger partial charge in [0.05, 0.1) is 0 Å². The van der Waals surface area contributed by atoms with Crippen molar-refractivity contribution in [2.24, 2.45) is 5.84 Å². The van der Waals surface area contributed by atoms with Crippen LogP contribution < -0.4 is 17.0 Å². The van der Waals surface area contributed by atoms with E-state index in [0.29, 0.717) is 10.8 Å². The number of halogens is 1. The molecule has 0 unspecified atom stereocenters. The summed E-state index contributed by atoms with van der Waals surface area (Å²) >= 11 is 1.28. The second-order valence-corrected chi connectivity index (χ2v) is 4.25. The molecule has 88 valence electrons. The minimum Gasteiger partial charge on any atom is -0.368 e. The Labute approximate surface area is 101 Å². The van der Waals surface area contributed by atoms with Crippen molar-refractivity contribution < 1.29 is 4.39 Å². The van der Waals surface area contributed by atoms with Gasteiger partial charge in [-0.1, -0.05) is 17.8 Å². The monoisotopic (exact) mass is 251 g/mol. The van der Waals surface area contributed by atoms with Crippen molar-refractivity contribution in [1.82, 2.24) is 9.97 Å². The highest BCUT2D eigenvalue weighted by atomic mass is 32.2. The number of nitrogens with two attached hydrogens (primary N) is 2. The van der Waals surface area contributed by atoms with E-state index < -0.39 is 0 Å². The molecule has 7 heteroatoms. The van der Waals surface area contributed by atoms with Gasteiger partial charge >= 0.3 is 0 Å². The molecule has 0 radical (unpaired) electrons. The van der Waals surface area contributed by atoms with E-state index >= 15 is 0 Å². The number of nitrogens with one attached hydrogen (secondary N) is 1. The Bertz CT molecular complexity index is 534. The summed E-state index contributed by atoms with van der Waals surface area (Å²) < 4.78 is 13.0. The summed E-state index contributed by atoms with van der Waals surface area (Å²) in [5.74, 6) is 5.47. The molecule has 0 saturated carbocycles. The van der Waals surface area contributed by atoms with E-state index in [-0.39, 0.29) is 11.8 Å². The van der Waals surface area contributed by atoms with Crippen LogP contribution in [0.5, 0.6) is 0 Å². The maximum Gasteiger partial charge on any atom is 0.223 e. The summed E-state index contributed by atoms with van der Waals surface area (Å²) in [6.07, 6.45) is 0. The van der Waals surface area contributed by atoms with Gasteiger partial charge in [0.1, 0.15) is 16.7 Å². The van der Waals surface area contributed by atoms with Crippen molar-refractivity contribution in [2.45, 2.75) is 9.92 Å². The molecule has 0 aliphatic rings. The van der Waals surface area contributed by atoms with Crippen LogP contribution in [0.4, 0.5) is 16.2 Å². The van der Waals surface area contributed by atoms with Gasteiger partial charge < -0.3 is 11.2 Å². The Hall–Kier alpha value is -1.86. The number of nitrogen functional groups attached to an aromatic ring is 2. The van der Waals surface area contributed by atoms with E-state index in [4.69, 9.17) is 11.6 Å². The molecule has 0 spiro atoms. The minimum absolute atomic E-state index is 0.111. The zero-order valence-corrected chi connectivity index (χ0v) is 9.54. The van der Waals surface area contributed by atoms with Gasteiger partial charge in [-0.15, -0.1) is 0 Å². The zero-order valence-electron chi connectivity index (χ0n) is 8.72. The van der Waals surface area contributed by atoms with Crippen LogP contribution in [0.25, 0.3) is 0 Å². The fraction of sp³-hybridized carbons (Fsp3) is 0. The van der Waals surface area contributed by atoms with Crippen LogP contribution in [0.3, 0.4) is 0 Å². The van der Waals surface area contributed by atoms with Crippen molar-refractivity contribution in [3.8, 4) is 0 Å². The Balaban J connectivity index is 2.26. The van der Waals surface area contributed by atoms with Crippen LogP contribution in [-0.2, 0) is 0 Å². The highest BCUT2D eigenvalue weighted by molar-refractivity contribution is 7.99. The number of rotatable bonds is 3. The van der Waals surface area contributed by atoms with Gasteiger partial charge in [0.15, 0.2) is 0 Å². The van der Waals surface area contributed by atoms with Gasteiger partial charge in [0.2, 0.25) is 5.95 Å². The van der Waals surface area contributed by atoms with Gasteiger partial charge in [0, 0.05) is 11.0 Å². The fourth-order valence-corrected chi connectivity index (χ4v) is 2.09. The maximum atomic E-state index is 13.0. The molecule has 17 heavy (non-hydrogen) atoms. The summed E-state index contributed by atoms with van der Waals surface area (Å²) in [4.78, 5) is 8.60. The number of hydrogen-bond donors (Lipinski definition) is 3. The first-order chi connectivity index (χ1) is 8.17. The Morgan fingerprint density at radius 1 is 1.24 bits per heavy atom. The Morgan fingerprint density at radius 3 is 2.76 bits per heavy atom. The average Bonchev–Trinajstić information content (AvgIpc) is 2.28. The molecule has 0 saturated heterocycles. The van der Waals surface area contributed by atoms with Gasteiger partial charge in [0.25, 0.3) is 0 Å². The van der Waals surface area contributed by atoms with Gasteiger partial charge in [-0.3, -0.25) is 0 Å². The van der Waals surface area contributed by atoms with Crippen LogP contribution in [0, 0.1) is 5.82 Å². The summed E-state index contributed by atoms with van der Waals surface area (Å²) in [7, 11) is 0. The second-order valence-electron chi connectivity index (χ2n) is 3.15. The molecular weight excluding hydrogens is 241 g/mol. The highest BCUT2D eigenvalue weighted by Crippen LogP contribution is 2.27. The summed E-state index contributed by atoms with van der Waals surface area (Å²) in [6, 6.07) is 7.83. The lowest BCUT2D eigenvalue weighted by Gasteiger charge is -2.04. The number of hydrazine groups is 1. The first-order valence-corrected chi connectivity index (χ1v) is 5.53. The molecule has 1 aromatic carbocycles. The number of nitrogens with zero attached hydrogens (tertiary/aromatic N) is 2. The number of anilines is 2. The van der Waals surface area contributed by atoms with E-state index in [0.717, 1.165) is 4.90 Å². The third kappa shape index (κ3) is 3.05. The molecule has 0 aliphatic carbocycles. The number of benzene rings is 1. The average molecular weight is 251 g/mol. The Morgan fingerprint density at radius 2 is 2.06 bits per heavy atom. The number of hydrogen-bond acceptors (Lipinski definition) is 6. The lowest BCUT2D eigenvalue weighted by molar-refractivity contribution is 0.624. The predicted octanol–water partition coefficient (Wildman–Crippen LogP) is 1.63. The third-order valence-electron chi connectivity index (χ3n) is 1.89. The summed E-state index contributed by atoms with van der Waals surface area (Å²) in [6.45, 7) is 0. The van der Waals surface area contributed by atoms with Crippen molar-refractivity contribution in [3.63, 3.8) is 0 Å². The van der Waals surface area contributed by atoms with Gasteiger partial charge in [-0.2, -0.15) is 4.98 Å². The molecule has 0 aliphatic heterocycles. The van der Waals surface area contributed by atoms with E-state index in [1.807, 2.05) is 0 Å². The van der Waals surface area contributed by atoms with Crippen molar-refractivity contribution >= 4 is 23.5 Å². The molecule has 2 rings (SSSR count). The van der Waals surface area contributed by atoms with Crippen molar-refractivity contribution in [2.75, 3.05) is 11.2 Å². The van der Waals surface area contributed by atoms with Gasteiger partial charge in [-0.25, -0.2) is 15.2 Å². The largest absolute Gasteiger partial charge is 0.368 e. The Kier molecular flexibility index (Phi) is 3.40. The van der Waals surface area contributed by atoms with Crippen LogP contribution in [-0.4, -0.2) is 9.97 Å². The molecule has 5 nitrogen and oxygen atoms in total. The lowest BCUT2D eigenvalue weighted by atomic mass is 10.4. The topological polar surface area (TPSA) is 89.8 Å². The second kappa shape index (κ2) is 4.98. The highest BCUT2D eigenvalue weighted by Gasteiger charge is 2.04. The van der Waals surface area contributed by atoms with Crippen LogP contribution in [0.15, 0.2) is 40.3 Å². The molecule has 0 bridgehead atoms. The summed E-state index contributed by atoms with van der Waals surface area (Å²) in [5.41, 5.74) is 7.90.